The van der Waals surface area contributed by atoms with Crippen molar-refractivity contribution in [3.05, 3.63) is 52.1 Å². The average Bonchev–Trinajstić information content (AvgIpc) is 3.10. The number of esters is 1. The summed E-state index contributed by atoms with van der Waals surface area (Å²) in [4.78, 5) is 26.6. The molecule has 0 bridgehead atoms. The van der Waals surface area contributed by atoms with E-state index in [4.69, 9.17) is 4.74 Å². The molecular weight excluding hydrogens is 360 g/mol. The van der Waals surface area contributed by atoms with E-state index in [1.807, 2.05) is 6.07 Å². The van der Waals surface area contributed by atoms with Crippen molar-refractivity contribution in [2.24, 2.45) is 0 Å². The third-order valence-electron chi connectivity index (χ3n) is 5.17. The number of likely N-dealkylation sites (tertiary alicyclic amines) is 1. The van der Waals surface area contributed by atoms with E-state index in [1.165, 1.54) is 26.4 Å². The van der Waals surface area contributed by atoms with Gasteiger partial charge in [-0.3, -0.25) is 9.69 Å². The molecule has 1 aromatic carbocycles. The number of methoxy groups -OCH3 is 1. The van der Waals surface area contributed by atoms with Crippen LogP contribution in [0.4, 0.5) is 0 Å². The minimum atomic E-state index is -0.571. The highest BCUT2D eigenvalue weighted by atomic mass is 16.5. The number of nitrogens with zero attached hydrogens (tertiary/aromatic N) is 3. The molecule has 3 aliphatic rings. The van der Waals surface area contributed by atoms with Gasteiger partial charge >= 0.3 is 5.97 Å². The molecule has 1 fully saturated rings. The average molecular weight is 382 g/mol. The first-order chi connectivity index (χ1) is 13.6. The molecule has 0 saturated carbocycles. The Kier molecular flexibility index (Phi) is 4.87. The molecule has 8 nitrogen and oxygen atoms in total. The molecule has 0 aromatic heterocycles. The van der Waals surface area contributed by atoms with Crippen LogP contribution in [-0.4, -0.2) is 50.9 Å². The van der Waals surface area contributed by atoms with E-state index < -0.39 is 5.97 Å². The maximum Gasteiger partial charge on any atom is 0.341 e. The molecule has 0 aliphatic carbocycles. The van der Waals surface area contributed by atoms with Crippen LogP contribution in [0.2, 0.25) is 0 Å². The summed E-state index contributed by atoms with van der Waals surface area (Å²) < 4.78 is 6.52. The van der Waals surface area contributed by atoms with E-state index in [-0.39, 0.29) is 22.6 Å². The Balaban J connectivity index is 1.76. The van der Waals surface area contributed by atoms with Crippen molar-refractivity contribution in [2.45, 2.75) is 25.8 Å². The van der Waals surface area contributed by atoms with Gasteiger partial charge in [0.1, 0.15) is 17.0 Å². The first-order valence-electron chi connectivity index (χ1n) is 9.30. The minimum Gasteiger partial charge on any atom is -0.508 e. The van der Waals surface area contributed by atoms with E-state index in [0.29, 0.717) is 12.1 Å². The summed E-state index contributed by atoms with van der Waals surface area (Å²) in [7, 11) is 1.29. The number of piperidine rings is 1. The molecule has 4 rings (SSSR count). The Morgan fingerprint density at radius 3 is 2.79 bits per heavy atom. The summed E-state index contributed by atoms with van der Waals surface area (Å²) in [5.74, 6) is -0.338. The number of fused-ring (bicyclic) bond motifs is 1. The van der Waals surface area contributed by atoms with Gasteiger partial charge in [0.05, 0.1) is 12.7 Å². The lowest BCUT2D eigenvalue weighted by atomic mass is 10.1. The van der Waals surface area contributed by atoms with Gasteiger partial charge in [-0.2, -0.15) is 5.10 Å². The van der Waals surface area contributed by atoms with Gasteiger partial charge in [-0.15, -0.1) is 0 Å². The number of carbonyl (C=O) groups excluding carboxylic acids is 1. The Hall–Kier alpha value is -3.13. The summed E-state index contributed by atoms with van der Waals surface area (Å²) in [6.07, 6.45) is 6.80. The number of hydrogen-bond acceptors (Lipinski definition) is 6. The van der Waals surface area contributed by atoms with Gasteiger partial charge in [0.25, 0.3) is 5.56 Å². The highest BCUT2D eigenvalue weighted by Crippen LogP contribution is 2.27. The molecule has 0 atom stereocenters. The van der Waals surface area contributed by atoms with Crippen LogP contribution in [0.3, 0.4) is 0 Å². The molecule has 3 heterocycles. The highest BCUT2D eigenvalue weighted by Gasteiger charge is 2.22. The van der Waals surface area contributed by atoms with E-state index >= 15 is 0 Å². The van der Waals surface area contributed by atoms with E-state index in [2.05, 4.69) is 15.1 Å². The molecule has 0 amide bonds. The van der Waals surface area contributed by atoms with Crippen LogP contribution in [0.1, 0.15) is 35.2 Å². The van der Waals surface area contributed by atoms with Crippen molar-refractivity contribution < 1.29 is 14.6 Å². The zero-order chi connectivity index (χ0) is 19.7. The van der Waals surface area contributed by atoms with Crippen LogP contribution in [0.5, 0.6) is 5.75 Å². The van der Waals surface area contributed by atoms with Crippen LogP contribution >= 0.6 is 0 Å². The second kappa shape index (κ2) is 7.47. The number of phenols is 1. The Labute approximate surface area is 161 Å². The smallest absolute Gasteiger partial charge is 0.341 e. The molecule has 0 radical (unpaired) electrons. The summed E-state index contributed by atoms with van der Waals surface area (Å²) in [5, 5.41) is 16.6. The lowest BCUT2D eigenvalue weighted by Crippen LogP contribution is -2.29. The molecule has 8 heteroatoms. The monoisotopic (exact) mass is 382 g/mol. The number of rotatable bonds is 4. The standard InChI is InChI=1S/C20H22N4O4/c1-28-20(27)16-12-24(11-15-18(16)21-22-19(15)26)14-5-6-17(25)13(9-14)10-23-7-3-2-4-8-23/h5-6,9,11-12,25H,2-4,7-8,10H2,1H3,(H,22,26). The number of aromatic amines is 1. The number of nitrogens with one attached hydrogen (secondary N) is 1. The second-order valence-corrected chi connectivity index (χ2v) is 7.04. The lowest BCUT2D eigenvalue weighted by molar-refractivity contribution is 0.0600. The highest BCUT2D eigenvalue weighted by molar-refractivity contribution is 5.96. The van der Waals surface area contributed by atoms with Crippen LogP contribution in [0.15, 0.2) is 35.4 Å². The maximum absolute atomic E-state index is 12.2. The van der Waals surface area contributed by atoms with Gasteiger partial charge < -0.3 is 14.4 Å². The molecule has 1 aromatic rings. The zero-order valence-corrected chi connectivity index (χ0v) is 15.6. The van der Waals surface area contributed by atoms with Crippen molar-refractivity contribution in [1.29, 1.82) is 0 Å². The fraction of sp³-hybridized carbons (Fsp3) is 0.350. The largest absolute Gasteiger partial charge is 0.508 e. The maximum atomic E-state index is 12.2. The number of pyridine rings is 1. The topological polar surface area (TPSA) is 100 Å². The summed E-state index contributed by atoms with van der Waals surface area (Å²) in [6.45, 7) is 2.69. The first kappa shape index (κ1) is 18.2. The predicted octanol–water partition coefficient (Wildman–Crippen LogP) is 2.14. The Morgan fingerprint density at radius 2 is 2.04 bits per heavy atom. The van der Waals surface area contributed by atoms with Crippen molar-refractivity contribution in [3.8, 4) is 22.7 Å². The number of hydrogen-bond donors (Lipinski definition) is 2. The fourth-order valence-corrected chi connectivity index (χ4v) is 3.66. The number of benzene rings is 1. The first-order valence-corrected chi connectivity index (χ1v) is 9.30. The zero-order valence-electron chi connectivity index (χ0n) is 15.6. The molecule has 0 spiro atoms. The van der Waals surface area contributed by atoms with Crippen LogP contribution in [0.25, 0.3) is 16.9 Å². The summed E-state index contributed by atoms with van der Waals surface area (Å²) >= 11 is 0. The van der Waals surface area contributed by atoms with E-state index in [0.717, 1.165) is 24.3 Å². The third-order valence-corrected chi connectivity index (χ3v) is 5.17. The van der Waals surface area contributed by atoms with Gasteiger partial charge in [0.15, 0.2) is 0 Å². The molecule has 2 N–H and O–H groups in total. The number of phenolic OH excluding ortho intramolecular Hbond substituents is 1. The molecule has 1 saturated heterocycles. The van der Waals surface area contributed by atoms with Crippen LogP contribution < -0.4 is 5.56 Å². The SMILES string of the molecule is COC(=O)c1cn(-c2ccc(O)c(CN3CCCCC3)c2)cc2c(=O)[nH]nc1-2. The van der Waals surface area contributed by atoms with E-state index in [9.17, 15) is 14.7 Å². The number of carbonyl (C=O) groups is 1. The fourth-order valence-electron chi connectivity index (χ4n) is 3.66. The normalized spacial score (nSPS) is 15.0. The second-order valence-electron chi connectivity index (χ2n) is 7.04. The van der Waals surface area contributed by atoms with Crippen molar-refractivity contribution in [2.75, 3.05) is 20.2 Å². The molecule has 146 valence electrons. The number of ether oxygens (including phenoxy) is 1. The van der Waals surface area contributed by atoms with Gasteiger partial charge in [-0.1, -0.05) is 6.42 Å². The molecule has 28 heavy (non-hydrogen) atoms. The molecular formula is C20H22N4O4. The number of aromatic nitrogens is 3. The summed E-state index contributed by atoms with van der Waals surface area (Å²) in [5.41, 5.74) is 1.94. The van der Waals surface area contributed by atoms with Gasteiger partial charge in [-0.05, 0) is 44.1 Å². The Morgan fingerprint density at radius 1 is 1.25 bits per heavy atom. The quantitative estimate of drug-likeness (QED) is 0.671. The molecule has 0 unspecified atom stereocenters. The van der Waals surface area contributed by atoms with Gasteiger partial charge in [0, 0.05) is 30.2 Å². The van der Waals surface area contributed by atoms with Gasteiger partial charge in [0.2, 0.25) is 0 Å². The van der Waals surface area contributed by atoms with Gasteiger partial charge in [-0.25, -0.2) is 9.89 Å². The number of H-pyrrole nitrogens is 1. The van der Waals surface area contributed by atoms with Crippen molar-refractivity contribution in [1.82, 2.24) is 19.7 Å². The van der Waals surface area contributed by atoms with Crippen LogP contribution in [-0.2, 0) is 11.3 Å². The Bertz CT molecular complexity index is 1030. The van der Waals surface area contributed by atoms with Crippen molar-refractivity contribution >= 4 is 5.97 Å². The lowest BCUT2D eigenvalue weighted by Gasteiger charge is -2.27. The predicted molar refractivity (Wildman–Crippen MR) is 103 cm³/mol. The third kappa shape index (κ3) is 3.38. The van der Waals surface area contributed by atoms with E-state index in [1.54, 1.807) is 29.1 Å². The number of aromatic hydroxyl groups is 1. The molecule has 3 aliphatic heterocycles. The van der Waals surface area contributed by atoms with Crippen LogP contribution in [0, 0.1) is 0 Å². The summed E-state index contributed by atoms with van der Waals surface area (Å²) in [6, 6.07) is 5.25. The van der Waals surface area contributed by atoms with Crippen molar-refractivity contribution in [3.63, 3.8) is 0 Å². The minimum absolute atomic E-state index is 0.198.